The quantitative estimate of drug-likeness (QED) is 0.418. The Bertz CT molecular complexity index is 1160. The molecule has 140 valence electrons. The van der Waals surface area contributed by atoms with Gasteiger partial charge in [-0.25, -0.2) is 19.3 Å². The van der Waals surface area contributed by atoms with Crippen LogP contribution in [0.1, 0.15) is 18.7 Å². The Hall–Kier alpha value is -3.95. The van der Waals surface area contributed by atoms with Crippen LogP contribution in [0.15, 0.2) is 55.1 Å². The van der Waals surface area contributed by atoms with E-state index < -0.39 is 10.7 Å². The van der Waals surface area contributed by atoms with Crippen molar-refractivity contribution >= 4 is 17.2 Å². The Morgan fingerprint density at radius 3 is 2.79 bits per heavy atom. The molecule has 4 rings (SSSR count). The van der Waals surface area contributed by atoms with E-state index >= 15 is 0 Å². The van der Waals surface area contributed by atoms with Crippen molar-refractivity contribution in [2.75, 3.05) is 5.32 Å². The Kier molecular flexibility index (Phi) is 4.36. The van der Waals surface area contributed by atoms with Crippen LogP contribution in [0.4, 0.5) is 15.9 Å². The second-order valence-corrected chi connectivity index (χ2v) is 6.02. The lowest BCUT2D eigenvalue weighted by molar-refractivity contribution is -0.384. The number of halogens is 1. The van der Waals surface area contributed by atoms with Crippen molar-refractivity contribution in [1.82, 2.24) is 24.3 Å². The van der Waals surface area contributed by atoms with E-state index in [0.29, 0.717) is 17.0 Å². The van der Waals surface area contributed by atoms with E-state index in [1.807, 2.05) is 13.0 Å². The molecule has 0 aliphatic carbocycles. The van der Waals surface area contributed by atoms with E-state index in [1.165, 1.54) is 28.9 Å². The average molecular weight is 379 g/mol. The number of nitrogens with zero attached hydrogens (tertiary/aromatic N) is 6. The molecular weight excluding hydrogens is 365 g/mol. The van der Waals surface area contributed by atoms with Gasteiger partial charge in [0.25, 0.3) is 0 Å². The molecule has 1 unspecified atom stereocenters. The molecule has 4 aromatic heterocycles. The van der Waals surface area contributed by atoms with Gasteiger partial charge >= 0.3 is 5.69 Å². The summed E-state index contributed by atoms with van der Waals surface area (Å²) in [6.45, 7) is 1.82. The molecule has 4 heterocycles. The van der Waals surface area contributed by atoms with Crippen LogP contribution in [0.5, 0.6) is 0 Å². The first kappa shape index (κ1) is 17.5. The smallest absolute Gasteiger partial charge is 0.329 e. The number of fused-ring (bicyclic) bond motifs is 1. The van der Waals surface area contributed by atoms with E-state index in [9.17, 15) is 14.5 Å². The number of rotatable bonds is 5. The highest BCUT2D eigenvalue weighted by molar-refractivity contribution is 5.63. The molecule has 0 saturated carbocycles. The van der Waals surface area contributed by atoms with Crippen molar-refractivity contribution in [3.63, 3.8) is 0 Å². The van der Waals surface area contributed by atoms with Crippen molar-refractivity contribution < 1.29 is 9.31 Å². The number of anilines is 1. The Morgan fingerprint density at radius 1 is 1.18 bits per heavy atom. The number of pyridine rings is 2. The van der Waals surface area contributed by atoms with Gasteiger partial charge in [-0.05, 0) is 31.2 Å². The average Bonchev–Trinajstić information content (AvgIpc) is 3.11. The fourth-order valence-electron chi connectivity index (χ4n) is 2.77. The van der Waals surface area contributed by atoms with Crippen LogP contribution in [0.2, 0.25) is 0 Å². The maximum Gasteiger partial charge on any atom is 0.329 e. The van der Waals surface area contributed by atoms with Gasteiger partial charge in [0.05, 0.1) is 22.9 Å². The minimum atomic E-state index is -0.564. The fourth-order valence-corrected chi connectivity index (χ4v) is 2.77. The van der Waals surface area contributed by atoms with Crippen molar-refractivity contribution in [3.8, 4) is 11.5 Å². The third-order valence-corrected chi connectivity index (χ3v) is 4.15. The molecular formula is C18H14FN7O2. The highest BCUT2D eigenvalue weighted by atomic mass is 19.1. The molecule has 28 heavy (non-hydrogen) atoms. The van der Waals surface area contributed by atoms with Crippen molar-refractivity contribution in [2.45, 2.75) is 13.0 Å². The molecule has 0 amide bonds. The van der Waals surface area contributed by atoms with Gasteiger partial charge in [-0.2, -0.15) is 0 Å². The van der Waals surface area contributed by atoms with Crippen LogP contribution in [-0.2, 0) is 0 Å². The van der Waals surface area contributed by atoms with E-state index in [-0.39, 0.29) is 23.4 Å². The summed E-state index contributed by atoms with van der Waals surface area (Å²) in [5, 5.41) is 14.4. The first-order valence-corrected chi connectivity index (χ1v) is 8.35. The predicted octanol–water partition coefficient (Wildman–Crippen LogP) is 3.41. The molecule has 0 fully saturated rings. The van der Waals surface area contributed by atoms with Gasteiger partial charge in [-0.3, -0.25) is 19.5 Å². The molecule has 0 aliphatic heterocycles. The molecule has 0 bridgehead atoms. The van der Waals surface area contributed by atoms with Crippen LogP contribution in [0.3, 0.4) is 0 Å². The van der Waals surface area contributed by atoms with E-state index in [2.05, 4.69) is 25.3 Å². The number of imidazole rings is 1. The van der Waals surface area contributed by atoms with Crippen LogP contribution in [-0.4, -0.2) is 29.3 Å². The van der Waals surface area contributed by atoms with Crippen molar-refractivity contribution in [2.24, 2.45) is 0 Å². The van der Waals surface area contributed by atoms with Gasteiger partial charge in [-0.1, -0.05) is 6.07 Å². The van der Waals surface area contributed by atoms with Gasteiger partial charge in [0.2, 0.25) is 5.82 Å². The summed E-state index contributed by atoms with van der Waals surface area (Å²) in [5.41, 5.74) is 1.35. The minimum absolute atomic E-state index is 0.0412. The number of nitro groups is 1. The predicted molar refractivity (Wildman–Crippen MR) is 99.1 cm³/mol. The summed E-state index contributed by atoms with van der Waals surface area (Å²) < 4.78 is 15.1. The molecule has 10 heteroatoms. The number of hydrogen-bond donors (Lipinski definition) is 1. The Labute approximate surface area is 158 Å². The zero-order valence-electron chi connectivity index (χ0n) is 14.7. The third-order valence-electron chi connectivity index (χ3n) is 4.15. The largest absolute Gasteiger partial charge is 0.356 e. The standard InChI is InChI=1S/C18H14FN7O2/c1-11(13-4-2-3-7-20-13)23-18-15(26(27)28)9-22-17(24-18)14-8-21-16-6-5-12(19)10-25(14)16/h2-11H,1H3,(H,22,23,24). The van der Waals surface area contributed by atoms with Crippen LogP contribution in [0, 0.1) is 15.9 Å². The zero-order valence-corrected chi connectivity index (χ0v) is 14.7. The molecule has 9 nitrogen and oxygen atoms in total. The van der Waals surface area contributed by atoms with Crippen molar-refractivity contribution in [1.29, 1.82) is 0 Å². The van der Waals surface area contributed by atoms with Gasteiger partial charge in [0.1, 0.15) is 23.4 Å². The molecule has 0 radical (unpaired) electrons. The highest BCUT2D eigenvalue weighted by Crippen LogP contribution is 2.28. The molecule has 0 aliphatic rings. The first-order chi connectivity index (χ1) is 13.5. The van der Waals surface area contributed by atoms with Gasteiger partial charge in [0.15, 0.2) is 5.82 Å². The Balaban J connectivity index is 1.77. The Morgan fingerprint density at radius 2 is 2.04 bits per heavy atom. The van der Waals surface area contributed by atoms with Crippen LogP contribution in [0.25, 0.3) is 17.2 Å². The first-order valence-electron chi connectivity index (χ1n) is 8.35. The molecule has 0 saturated heterocycles. The van der Waals surface area contributed by atoms with Gasteiger partial charge in [-0.15, -0.1) is 0 Å². The van der Waals surface area contributed by atoms with Gasteiger partial charge in [0, 0.05) is 12.4 Å². The topological polar surface area (TPSA) is 111 Å². The summed E-state index contributed by atoms with van der Waals surface area (Å²) in [6, 6.07) is 7.90. The van der Waals surface area contributed by atoms with Gasteiger partial charge < -0.3 is 5.32 Å². The fraction of sp³-hybridized carbons (Fsp3) is 0.111. The summed E-state index contributed by atoms with van der Waals surface area (Å²) in [6.07, 6.45) is 5.50. The monoisotopic (exact) mass is 379 g/mol. The minimum Gasteiger partial charge on any atom is -0.356 e. The molecule has 4 aromatic rings. The lowest BCUT2D eigenvalue weighted by atomic mass is 10.2. The van der Waals surface area contributed by atoms with E-state index in [1.54, 1.807) is 18.3 Å². The number of aromatic nitrogens is 5. The molecule has 1 N–H and O–H groups in total. The van der Waals surface area contributed by atoms with E-state index in [0.717, 1.165) is 6.20 Å². The van der Waals surface area contributed by atoms with E-state index in [4.69, 9.17) is 0 Å². The maximum absolute atomic E-state index is 13.6. The lowest BCUT2D eigenvalue weighted by Crippen LogP contribution is -2.12. The highest BCUT2D eigenvalue weighted by Gasteiger charge is 2.21. The summed E-state index contributed by atoms with van der Waals surface area (Å²) >= 11 is 0. The SMILES string of the molecule is CC(Nc1nc(-c2cnc3ccc(F)cn23)ncc1[N+](=O)[O-])c1ccccn1. The molecule has 0 spiro atoms. The van der Waals surface area contributed by atoms with Crippen LogP contribution < -0.4 is 5.32 Å². The number of hydrogen-bond acceptors (Lipinski definition) is 7. The lowest BCUT2D eigenvalue weighted by Gasteiger charge is -2.14. The normalized spacial score (nSPS) is 12.1. The van der Waals surface area contributed by atoms with Crippen molar-refractivity contribution in [3.05, 3.63) is 76.7 Å². The second-order valence-electron chi connectivity index (χ2n) is 6.02. The third kappa shape index (κ3) is 3.22. The molecule has 0 aromatic carbocycles. The molecule has 1 atom stereocenters. The second kappa shape index (κ2) is 6.99. The van der Waals surface area contributed by atoms with Crippen LogP contribution >= 0.6 is 0 Å². The summed E-state index contributed by atoms with van der Waals surface area (Å²) in [4.78, 5) is 27.6. The number of nitrogens with one attached hydrogen (secondary N) is 1. The summed E-state index contributed by atoms with van der Waals surface area (Å²) in [5.74, 6) is -0.227. The zero-order chi connectivity index (χ0) is 19.7. The maximum atomic E-state index is 13.6. The summed E-state index contributed by atoms with van der Waals surface area (Å²) in [7, 11) is 0.